The third-order valence-electron chi connectivity index (χ3n) is 3.20. The fourth-order valence-corrected chi connectivity index (χ4v) is 2.61. The summed E-state index contributed by atoms with van der Waals surface area (Å²) in [4.78, 5) is 24.2. The zero-order valence-electron chi connectivity index (χ0n) is 10.7. The number of aliphatic hydroxyl groups excluding tert-OH is 1. The van der Waals surface area contributed by atoms with Crippen LogP contribution in [0.25, 0.3) is 0 Å². The SMILES string of the molecule is C[C@]1(CO)O[C@@H](n2ccc(N)nc2=O)CC1O[P+](=O)O. The van der Waals surface area contributed by atoms with Gasteiger partial charge in [0.25, 0.3) is 0 Å². The van der Waals surface area contributed by atoms with Crippen molar-refractivity contribution in [2.45, 2.75) is 31.3 Å². The normalized spacial score (nSPS) is 30.4. The lowest BCUT2D eigenvalue weighted by molar-refractivity contribution is -0.112. The maximum absolute atomic E-state index is 11.7. The number of aliphatic hydroxyl groups is 1. The van der Waals surface area contributed by atoms with Gasteiger partial charge in [0.05, 0.1) is 6.61 Å². The first kappa shape index (κ1) is 15.0. The van der Waals surface area contributed by atoms with Crippen LogP contribution in [-0.2, 0) is 13.8 Å². The van der Waals surface area contributed by atoms with E-state index in [1.54, 1.807) is 0 Å². The largest absolute Gasteiger partial charge is 0.695 e. The van der Waals surface area contributed by atoms with Crippen molar-refractivity contribution in [3.8, 4) is 0 Å². The summed E-state index contributed by atoms with van der Waals surface area (Å²) in [5.41, 5.74) is 3.61. The third-order valence-corrected chi connectivity index (χ3v) is 3.63. The second-order valence-electron chi connectivity index (χ2n) is 4.65. The van der Waals surface area contributed by atoms with Gasteiger partial charge in [0, 0.05) is 17.2 Å². The molecule has 1 aliphatic heterocycles. The van der Waals surface area contributed by atoms with E-state index in [4.69, 9.17) is 19.9 Å². The molecule has 0 aliphatic carbocycles. The number of nitrogen functional groups attached to an aromatic ring is 1. The van der Waals surface area contributed by atoms with E-state index in [1.165, 1.54) is 23.8 Å². The molecule has 4 N–H and O–H groups in total. The van der Waals surface area contributed by atoms with Gasteiger partial charge in [0.15, 0.2) is 6.10 Å². The van der Waals surface area contributed by atoms with Crippen LogP contribution in [0, 0.1) is 0 Å². The van der Waals surface area contributed by atoms with E-state index in [2.05, 4.69) is 4.98 Å². The quantitative estimate of drug-likeness (QED) is 0.635. The number of aromatic nitrogens is 2. The molecule has 0 amide bonds. The van der Waals surface area contributed by atoms with Crippen molar-refractivity contribution in [2.24, 2.45) is 0 Å². The fraction of sp³-hybridized carbons (Fsp3) is 0.600. The standard InChI is InChI=1S/C10H14N3O6P/c1-10(5-14)6(19-20(16)17)4-8(18-10)13-3-2-7(11)12-9(13)15/h2-3,6,8,14H,4-5H2,1H3,(H2-,11,12,15,16,17)/p+1/t6?,8-,10-/m1/s1. The lowest BCUT2D eigenvalue weighted by Crippen LogP contribution is -2.40. The Kier molecular flexibility index (Phi) is 4.17. The zero-order valence-corrected chi connectivity index (χ0v) is 11.6. The Balaban J connectivity index is 2.28. The number of rotatable bonds is 4. The number of nitrogens with two attached hydrogens (primary N) is 1. The molecule has 0 saturated carbocycles. The minimum Gasteiger partial charge on any atom is -0.393 e. The Morgan fingerprint density at radius 3 is 3.00 bits per heavy atom. The lowest BCUT2D eigenvalue weighted by Gasteiger charge is -2.24. The molecular weight excluding hydrogens is 289 g/mol. The number of hydrogen-bond acceptors (Lipinski definition) is 7. The van der Waals surface area contributed by atoms with Crippen molar-refractivity contribution in [1.82, 2.24) is 9.55 Å². The highest BCUT2D eigenvalue weighted by molar-refractivity contribution is 7.32. The van der Waals surface area contributed by atoms with Gasteiger partial charge in [-0.15, -0.1) is 9.42 Å². The second-order valence-corrected chi connectivity index (χ2v) is 5.34. The molecular formula is C10H15N3O6P+. The third kappa shape index (κ3) is 2.87. The van der Waals surface area contributed by atoms with Crippen LogP contribution in [0.3, 0.4) is 0 Å². The maximum atomic E-state index is 11.7. The van der Waals surface area contributed by atoms with E-state index < -0.39 is 38.5 Å². The fourth-order valence-electron chi connectivity index (χ4n) is 2.09. The molecule has 1 saturated heterocycles. The van der Waals surface area contributed by atoms with Crippen LogP contribution in [0.5, 0.6) is 0 Å². The van der Waals surface area contributed by atoms with Crippen LogP contribution < -0.4 is 11.4 Å². The summed E-state index contributed by atoms with van der Waals surface area (Å²) >= 11 is 0. The molecule has 1 aliphatic rings. The van der Waals surface area contributed by atoms with Crippen molar-refractivity contribution in [2.75, 3.05) is 12.3 Å². The van der Waals surface area contributed by atoms with E-state index in [-0.39, 0.29) is 12.2 Å². The highest BCUT2D eigenvalue weighted by Gasteiger charge is 2.50. The molecule has 2 rings (SSSR count). The van der Waals surface area contributed by atoms with Gasteiger partial charge < -0.3 is 15.6 Å². The van der Waals surface area contributed by atoms with Gasteiger partial charge >= 0.3 is 13.9 Å². The van der Waals surface area contributed by atoms with Crippen LogP contribution in [0.1, 0.15) is 19.6 Å². The molecule has 0 bridgehead atoms. The predicted octanol–water partition coefficient (Wildman–Crippen LogP) is -0.470. The van der Waals surface area contributed by atoms with Crippen LogP contribution in [0.2, 0.25) is 0 Å². The molecule has 0 spiro atoms. The van der Waals surface area contributed by atoms with Crippen LogP contribution in [0.4, 0.5) is 5.82 Å². The molecule has 10 heteroatoms. The summed E-state index contributed by atoms with van der Waals surface area (Å²) in [7, 11) is -2.84. The topological polar surface area (TPSA) is 137 Å². The molecule has 9 nitrogen and oxygen atoms in total. The molecule has 20 heavy (non-hydrogen) atoms. The summed E-state index contributed by atoms with van der Waals surface area (Å²) in [6, 6.07) is 1.43. The maximum Gasteiger partial charge on any atom is 0.695 e. The van der Waals surface area contributed by atoms with Gasteiger partial charge in [-0.2, -0.15) is 4.98 Å². The van der Waals surface area contributed by atoms with Gasteiger partial charge in [-0.1, -0.05) is 0 Å². The minimum absolute atomic E-state index is 0.0837. The smallest absolute Gasteiger partial charge is 0.393 e. The summed E-state index contributed by atoms with van der Waals surface area (Å²) < 4.78 is 22.4. The van der Waals surface area contributed by atoms with Gasteiger partial charge in [-0.05, 0) is 13.0 Å². The number of hydrogen-bond donors (Lipinski definition) is 3. The lowest BCUT2D eigenvalue weighted by atomic mass is 10.0. The summed E-state index contributed by atoms with van der Waals surface area (Å²) in [6.45, 7) is 1.11. The molecule has 2 heterocycles. The van der Waals surface area contributed by atoms with Crippen molar-refractivity contribution < 1.29 is 23.8 Å². The van der Waals surface area contributed by atoms with Crippen LogP contribution in [0.15, 0.2) is 17.1 Å². The Morgan fingerprint density at radius 2 is 2.45 bits per heavy atom. The van der Waals surface area contributed by atoms with Crippen LogP contribution >= 0.6 is 8.25 Å². The molecule has 0 radical (unpaired) electrons. The minimum atomic E-state index is -2.84. The van der Waals surface area contributed by atoms with E-state index in [9.17, 15) is 14.5 Å². The second kappa shape index (κ2) is 5.55. The van der Waals surface area contributed by atoms with E-state index in [0.29, 0.717) is 0 Å². The molecule has 1 aromatic rings. The first-order chi connectivity index (χ1) is 9.35. The van der Waals surface area contributed by atoms with Crippen molar-refractivity contribution in [3.05, 3.63) is 22.7 Å². The van der Waals surface area contributed by atoms with Crippen LogP contribution in [-0.4, -0.2) is 37.9 Å². The molecule has 110 valence electrons. The average Bonchev–Trinajstić information content (AvgIpc) is 2.66. The highest BCUT2D eigenvalue weighted by Crippen LogP contribution is 2.41. The first-order valence-corrected chi connectivity index (χ1v) is 6.95. The number of anilines is 1. The Bertz CT molecular complexity index is 578. The summed E-state index contributed by atoms with van der Waals surface area (Å²) in [5, 5.41) is 9.38. The Labute approximate surface area is 114 Å². The van der Waals surface area contributed by atoms with E-state index >= 15 is 0 Å². The molecule has 0 aromatic carbocycles. The average molecular weight is 304 g/mol. The van der Waals surface area contributed by atoms with Crippen molar-refractivity contribution in [3.63, 3.8) is 0 Å². The van der Waals surface area contributed by atoms with Crippen molar-refractivity contribution in [1.29, 1.82) is 0 Å². The van der Waals surface area contributed by atoms with Gasteiger partial charge in [-0.25, -0.2) is 4.79 Å². The van der Waals surface area contributed by atoms with Gasteiger partial charge in [0.1, 0.15) is 17.6 Å². The molecule has 1 aromatic heterocycles. The van der Waals surface area contributed by atoms with Gasteiger partial charge in [0.2, 0.25) is 0 Å². The summed E-state index contributed by atoms with van der Waals surface area (Å²) in [6.07, 6.45) is -0.0400. The summed E-state index contributed by atoms with van der Waals surface area (Å²) in [5.74, 6) is 0.0837. The number of nitrogens with zero attached hydrogens (tertiary/aromatic N) is 2. The Hall–Kier alpha value is -1.38. The van der Waals surface area contributed by atoms with Crippen molar-refractivity contribution >= 4 is 14.1 Å². The first-order valence-electron chi connectivity index (χ1n) is 5.82. The monoisotopic (exact) mass is 304 g/mol. The van der Waals surface area contributed by atoms with Gasteiger partial charge in [-0.3, -0.25) is 4.57 Å². The highest BCUT2D eigenvalue weighted by atomic mass is 31.1. The molecule has 1 fully saturated rings. The predicted molar refractivity (Wildman–Crippen MR) is 67.8 cm³/mol. The Morgan fingerprint density at radius 1 is 1.75 bits per heavy atom. The van der Waals surface area contributed by atoms with E-state index in [0.717, 1.165) is 0 Å². The number of ether oxygens (including phenoxy) is 1. The zero-order chi connectivity index (χ0) is 14.9. The molecule has 2 unspecified atom stereocenters. The van der Waals surface area contributed by atoms with E-state index in [1.807, 2.05) is 0 Å². The molecule has 4 atom stereocenters.